The van der Waals surface area contributed by atoms with Crippen molar-refractivity contribution >= 4 is 11.8 Å². The standard InChI is InChI=1S/C17H28N2S/c1-14(2)18-10-8-15-6-4-5-7-16(15)12-19(3)17-9-11-20-13-17/h4-7,14,17-18H,8-13H2,1-3H3. The molecule has 0 spiro atoms. The molecule has 0 amide bonds. The van der Waals surface area contributed by atoms with Crippen LogP contribution in [-0.4, -0.2) is 42.1 Å². The molecule has 1 aromatic rings. The Morgan fingerprint density at radius 3 is 2.70 bits per heavy atom. The zero-order chi connectivity index (χ0) is 14.4. The fraction of sp³-hybridized carbons (Fsp3) is 0.647. The van der Waals surface area contributed by atoms with Gasteiger partial charge in [-0.25, -0.2) is 0 Å². The maximum Gasteiger partial charge on any atom is 0.0236 e. The van der Waals surface area contributed by atoms with Gasteiger partial charge in [0.1, 0.15) is 0 Å². The number of hydrogen-bond acceptors (Lipinski definition) is 3. The van der Waals surface area contributed by atoms with E-state index in [9.17, 15) is 0 Å². The summed E-state index contributed by atoms with van der Waals surface area (Å²) in [5, 5.41) is 3.51. The lowest BCUT2D eigenvalue weighted by Crippen LogP contribution is -2.31. The van der Waals surface area contributed by atoms with E-state index in [0.717, 1.165) is 25.6 Å². The summed E-state index contributed by atoms with van der Waals surface area (Å²) in [7, 11) is 2.28. The van der Waals surface area contributed by atoms with Crippen molar-refractivity contribution in [1.29, 1.82) is 0 Å². The molecule has 0 radical (unpaired) electrons. The summed E-state index contributed by atoms with van der Waals surface area (Å²) >= 11 is 2.09. The monoisotopic (exact) mass is 292 g/mol. The van der Waals surface area contributed by atoms with Gasteiger partial charge in [-0.05, 0) is 43.3 Å². The fourth-order valence-electron chi connectivity index (χ4n) is 2.72. The molecule has 20 heavy (non-hydrogen) atoms. The minimum absolute atomic E-state index is 0.570. The molecule has 1 saturated heterocycles. The molecule has 0 aromatic heterocycles. The average molecular weight is 292 g/mol. The lowest BCUT2D eigenvalue weighted by molar-refractivity contribution is 0.253. The van der Waals surface area contributed by atoms with E-state index in [1.807, 2.05) is 0 Å². The van der Waals surface area contributed by atoms with Gasteiger partial charge < -0.3 is 5.32 Å². The minimum Gasteiger partial charge on any atom is -0.314 e. The highest BCUT2D eigenvalue weighted by atomic mass is 32.2. The third-order valence-corrected chi connectivity index (χ3v) is 5.16. The highest BCUT2D eigenvalue weighted by Crippen LogP contribution is 2.23. The van der Waals surface area contributed by atoms with Gasteiger partial charge in [0.25, 0.3) is 0 Å². The topological polar surface area (TPSA) is 15.3 Å². The number of nitrogens with zero attached hydrogens (tertiary/aromatic N) is 1. The third kappa shape index (κ3) is 4.80. The summed E-state index contributed by atoms with van der Waals surface area (Å²) in [4.78, 5) is 2.54. The Bertz CT molecular complexity index is 400. The molecule has 1 fully saturated rings. The highest BCUT2D eigenvalue weighted by Gasteiger charge is 2.20. The molecular weight excluding hydrogens is 264 g/mol. The van der Waals surface area contributed by atoms with Gasteiger partial charge in [-0.2, -0.15) is 11.8 Å². The maximum absolute atomic E-state index is 3.51. The molecule has 1 aliphatic rings. The molecule has 1 unspecified atom stereocenters. The van der Waals surface area contributed by atoms with Crippen molar-refractivity contribution < 1.29 is 0 Å². The number of benzene rings is 1. The fourth-order valence-corrected chi connectivity index (χ4v) is 4.02. The summed E-state index contributed by atoms with van der Waals surface area (Å²) in [5.74, 6) is 2.63. The van der Waals surface area contributed by atoms with Crippen LogP contribution in [0, 0.1) is 0 Å². The minimum atomic E-state index is 0.570. The average Bonchev–Trinajstić information content (AvgIpc) is 2.94. The molecule has 0 bridgehead atoms. The Hall–Kier alpha value is -0.510. The molecule has 112 valence electrons. The summed E-state index contributed by atoms with van der Waals surface area (Å²) in [6, 6.07) is 10.3. The second kappa shape index (κ2) is 8.06. The van der Waals surface area contributed by atoms with Crippen LogP contribution in [0.15, 0.2) is 24.3 Å². The van der Waals surface area contributed by atoms with Crippen molar-refractivity contribution in [3.05, 3.63) is 35.4 Å². The van der Waals surface area contributed by atoms with Gasteiger partial charge in [-0.3, -0.25) is 4.90 Å². The van der Waals surface area contributed by atoms with E-state index < -0.39 is 0 Å². The highest BCUT2D eigenvalue weighted by molar-refractivity contribution is 7.99. The molecule has 2 nitrogen and oxygen atoms in total. The van der Waals surface area contributed by atoms with Crippen LogP contribution in [0.1, 0.15) is 31.4 Å². The molecule has 3 heteroatoms. The van der Waals surface area contributed by atoms with Crippen molar-refractivity contribution in [3.63, 3.8) is 0 Å². The van der Waals surface area contributed by atoms with Gasteiger partial charge >= 0.3 is 0 Å². The van der Waals surface area contributed by atoms with Gasteiger partial charge in [0.15, 0.2) is 0 Å². The Labute approximate surface area is 128 Å². The Morgan fingerprint density at radius 2 is 2.05 bits per heavy atom. The van der Waals surface area contributed by atoms with Crippen molar-refractivity contribution in [2.24, 2.45) is 0 Å². The molecular formula is C17H28N2S. The van der Waals surface area contributed by atoms with E-state index in [1.165, 1.54) is 29.1 Å². The summed E-state index contributed by atoms with van der Waals surface area (Å²) in [6.07, 6.45) is 2.47. The largest absolute Gasteiger partial charge is 0.314 e. The molecule has 1 aliphatic heterocycles. The first kappa shape index (κ1) is 15.9. The lowest BCUT2D eigenvalue weighted by atomic mass is 10.0. The smallest absolute Gasteiger partial charge is 0.0236 e. The molecule has 1 aromatic carbocycles. The van der Waals surface area contributed by atoms with Crippen LogP contribution in [0.2, 0.25) is 0 Å². The molecule has 1 atom stereocenters. The van der Waals surface area contributed by atoms with Gasteiger partial charge in [0, 0.05) is 24.4 Å². The van der Waals surface area contributed by atoms with E-state index in [1.54, 1.807) is 0 Å². The lowest BCUT2D eigenvalue weighted by Gasteiger charge is -2.24. The van der Waals surface area contributed by atoms with Crippen LogP contribution in [-0.2, 0) is 13.0 Å². The second-order valence-electron chi connectivity index (χ2n) is 6.06. The first-order chi connectivity index (χ1) is 9.66. The first-order valence-electron chi connectivity index (χ1n) is 7.75. The second-order valence-corrected chi connectivity index (χ2v) is 7.21. The van der Waals surface area contributed by atoms with E-state index in [2.05, 4.69) is 67.1 Å². The summed E-state index contributed by atoms with van der Waals surface area (Å²) in [5.41, 5.74) is 3.00. The maximum atomic E-state index is 3.51. The van der Waals surface area contributed by atoms with Crippen LogP contribution in [0.5, 0.6) is 0 Å². The molecule has 0 saturated carbocycles. The van der Waals surface area contributed by atoms with Crippen molar-refractivity contribution in [2.75, 3.05) is 25.1 Å². The number of hydrogen-bond donors (Lipinski definition) is 1. The van der Waals surface area contributed by atoms with Gasteiger partial charge in [0.2, 0.25) is 0 Å². The van der Waals surface area contributed by atoms with Gasteiger partial charge in [-0.15, -0.1) is 0 Å². The SMILES string of the molecule is CC(C)NCCc1ccccc1CN(C)C1CCSC1. The number of nitrogens with one attached hydrogen (secondary N) is 1. The predicted octanol–water partition coefficient (Wildman–Crippen LogP) is 3.16. The van der Waals surface area contributed by atoms with Crippen molar-refractivity contribution in [2.45, 2.75) is 45.3 Å². The van der Waals surface area contributed by atoms with Crippen LogP contribution in [0.3, 0.4) is 0 Å². The zero-order valence-electron chi connectivity index (χ0n) is 13.1. The number of thioether (sulfide) groups is 1. The molecule has 1 heterocycles. The quantitative estimate of drug-likeness (QED) is 0.831. The Balaban J connectivity index is 1.92. The van der Waals surface area contributed by atoms with Crippen LogP contribution < -0.4 is 5.32 Å². The normalized spacial score (nSPS) is 19.1. The molecule has 0 aliphatic carbocycles. The number of rotatable bonds is 7. The van der Waals surface area contributed by atoms with Gasteiger partial charge in [0.05, 0.1) is 0 Å². The van der Waals surface area contributed by atoms with Crippen LogP contribution in [0.25, 0.3) is 0 Å². The van der Waals surface area contributed by atoms with Crippen LogP contribution >= 0.6 is 11.8 Å². The van der Waals surface area contributed by atoms with E-state index >= 15 is 0 Å². The third-order valence-electron chi connectivity index (χ3n) is 4.01. The van der Waals surface area contributed by atoms with Crippen molar-refractivity contribution in [1.82, 2.24) is 10.2 Å². The molecule has 1 N–H and O–H groups in total. The van der Waals surface area contributed by atoms with E-state index in [0.29, 0.717) is 6.04 Å². The van der Waals surface area contributed by atoms with Crippen LogP contribution in [0.4, 0.5) is 0 Å². The Morgan fingerprint density at radius 1 is 1.30 bits per heavy atom. The predicted molar refractivity (Wildman–Crippen MR) is 90.5 cm³/mol. The Kier molecular flexibility index (Phi) is 6.40. The summed E-state index contributed by atoms with van der Waals surface area (Å²) < 4.78 is 0. The zero-order valence-corrected chi connectivity index (χ0v) is 13.9. The first-order valence-corrected chi connectivity index (χ1v) is 8.90. The van der Waals surface area contributed by atoms with Crippen molar-refractivity contribution in [3.8, 4) is 0 Å². The van der Waals surface area contributed by atoms with E-state index in [-0.39, 0.29) is 0 Å². The molecule has 2 rings (SSSR count). The van der Waals surface area contributed by atoms with Gasteiger partial charge in [-0.1, -0.05) is 38.1 Å². The summed E-state index contributed by atoms with van der Waals surface area (Å²) in [6.45, 7) is 6.57. The van der Waals surface area contributed by atoms with E-state index in [4.69, 9.17) is 0 Å².